The van der Waals surface area contributed by atoms with E-state index in [9.17, 15) is 4.79 Å². The number of thioether (sulfide) groups is 1. The quantitative estimate of drug-likeness (QED) is 0.754. The van der Waals surface area contributed by atoms with Crippen molar-refractivity contribution in [3.63, 3.8) is 0 Å². The van der Waals surface area contributed by atoms with Crippen molar-refractivity contribution >= 4 is 17.8 Å². The Bertz CT molecular complexity index is 479. The van der Waals surface area contributed by atoms with Crippen molar-refractivity contribution in [2.45, 2.75) is 57.1 Å². The fraction of sp³-hybridized carbons (Fsp3) is 0.588. The summed E-state index contributed by atoms with van der Waals surface area (Å²) in [7, 11) is 0. The molecule has 2 atom stereocenters. The van der Waals surface area contributed by atoms with Gasteiger partial charge in [0.05, 0.1) is 6.61 Å². The Morgan fingerprint density at radius 2 is 2.09 bits per heavy atom. The standard InChI is InChI=1S/C17H26N2O2S/c1-2-22-16-9-4-3-8-15(16)19-17(21)18-11-13-6-5-7-14(10-13)12-20/h5-7,10,15-16,20H,2-4,8-9,11-12H2,1H3,(H2,18,19,21)/t15-,16+/m0/s1. The first kappa shape index (κ1) is 17.2. The zero-order chi connectivity index (χ0) is 15.8. The van der Waals surface area contributed by atoms with Gasteiger partial charge in [0.25, 0.3) is 0 Å². The summed E-state index contributed by atoms with van der Waals surface area (Å²) in [5, 5.41) is 15.7. The molecule has 22 heavy (non-hydrogen) atoms. The van der Waals surface area contributed by atoms with Gasteiger partial charge in [-0.15, -0.1) is 0 Å². The van der Waals surface area contributed by atoms with Crippen LogP contribution in [0.25, 0.3) is 0 Å². The summed E-state index contributed by atoms with van der Waals surface area (Å²) < 4.78 is 0. The minimum atomic E-state index is -0.0944. The number of amides is 2. The first-order valence-corrected chi connectivity index (χ1v) is 9.12. The Morgan fingerprint density at radius 1 is 1.32 bits per heavy atom. The van der Waals surface area contributed by atoms with Crippen LogP contribution in [0.15, 0.2) is 24.3 Å². The molecule has 122 valence electrons. The summed E-state index contributed by atoms with van der Waals surface area (Å²) >= 11 is 1.95. The third-order valence-corrected chi connectivity index (χ3v) is 5.35. The zero-order valence-electron chi connectivity index (χ0n) is 13.2. The molecule has 2 rings (SSSR count). The molecule has 3 N–H and O–H groups in total. The first-order valence-electron chi connectivity index (χ1n) is 8.07. The second kappa shape index (κ2) is 9.06. The van der Waals surface area contributed by atoms with Gasteiger partial charge in [0, 0.05) is 17.8 Å². The van der Waals surface area contributed by atoms with E-state index < -0.39 is 0 Å². The van der Waals surface area contributed by atoms with Crippen molar-refractivity contribution in [2.24, 2.45) is 0 Å². The van der Waals surface area contributed by atoms with Gasteiger partial charge in [-0.1, -0.05) is 44.0 Å². The average molecular weight is 322 g/mol. The third kappa shape index (κ3) is 5.21. The summed E-state index contributed by atoms with van der Waals surface area (Å²) in [6, 6.07) is 7.82. The minimum absolute atomic E-state index is 0.0258. The third-order valence-electron chi connectivity index (χ3n) is 4.03. The van der Waals surface area contributed by atoms with E-state index in [2.05, 4.69) is 17.6 Å². The maximum atomic E-state index is 12.1. The molecule has 0 aliphatic heterocycles. The monoisotopic (exact) mass is 322 g/mol. The molecule has 0 saturated heterocycles. The lowest BCUT2D eigenvalue weighted by atomic mass is 9.95. The topological polar surface area (TPSA) is 61.4 Å². The normalized spacial score (nSPS) is 21.4. The van der Waals surface area contributed by atoms with E-state index in [-0.39, 0.29) is 18.7 Å². The van der Waals surface area contributed by atoms with Crippen LogP contribution in [-0.4, -0.2) is 28.2 Å². The SMILES string of the molecule is CCS[C@@H]1CCCC[C@@H]1NC(=O)NCc1cccc(CO)c1. The summed E-state index contributed by atoms with van der Waals surface area (Å²) in [5.41, 5.74) is 1.87. The molecule has 1 fully saturated rings. The highest BCUT2D eigenvalue weighted by atomic mass is 32.2. The fourth-order valence-corrected chi connectivity index (χ4v) is 4.11. The second-order valence-corrected chi connectivity index (χ2v) is 7.21. The molecule has 1 aromatic carbocycles. The lowest BCUT2D eigenvalue weighted by Crippen LogP contribution is -2.47. The molecule has 0 unspecified atom stereocenters. The van der Waals surface area contributed by atoms with E-state index in [0.717, 1.165) is 23.3 Å². The maximum Gasteiger partial charge on any atom is 0.315 e. The molecule has 1 aliphatic rings. The molecule has 4 nitrogen and oxygen atoms in total. The number of rotatable bonds is 6. The van der Waals surface area contributed by atoms with Crippen molar-refractivity contribution in [3.05, 3.63) is 35.4 Å². The van der Waals surface area contributed by atoms with Crippen LogP contribution in [0.5, 0.6) is 0 Å². The largest absolute Gasteiger partial charge is 0.392 e. The Balaban J connectivity index is 1.81. The van der Waals surface area contributed by atoms with Gasteiger partial charge in [-0.25, -0.2) is 4.79 Å². The molecule has 0 aromatic heterocycles. The van der Waals surface area contributed by atoms with E-state index in [1.54, 1.807) is 0 Å². The molecular weight excluding hydrogens is 296 g/mol. The first-order chi connectivity index (χ1) is 10.7. The van der Waals surface area contributed by atoms with Crippen LogP contribution in [0.4, 0.5) is 4.79 Å². The molecule has 1 aliphatic carbocycles. The van der Waals surface area contributed by atoms with Gasteiger partial charge in [0.15, 0.2) is 0 Å². The minimum Gasteiger partial charge on any atom is -0.392 e. The van der Waals surface area contributed by atoms with Crippen molar-refractivity contribution in [1.82, 2.24) is 10.6 Å². The molecule has 1 aromatic rings. The Kier molecular flexibility index (Phi) is 7.06. The average Bonchev–Trinajstić information content (AvgIpc) is 2.55. The number of carbonyl (C=O) groups excluding carboxylic acids is 1. The number of aliphatic hydroxyl groups is 1. The van der Waals surface area contributed by atoms with Gasteiger partial charge in [-0.05, 0) is 29.7 Å². The van der Waals surface area contributed by atoms with E-state index >= 15 is 0 Å². The van der Waals surface area contributed by atoms with Crippen molar-refractivity contribution < 1.29 is 9.90 Å². The number of benzene rings is 1. The Labute approximate surface area is 137 Å². The molecule has 0 bridgehead atoms. The van der Waals surface area contributed by atoms with Crippen molar-refractivity contribution in [3.8, 4) is 0 Å². The van der Waals surface area contributed by atoms with Crippen LogP contribution in [0.1, 0.15) is 43.7 Å². The van der Waals surface area contributed by atoms with Crippen LogP contribution in [-0.2, 0) is 13.2 Å². The Morgan fingerprint density at radius 3 is 2.86 bits per heavy atom. The van der Waals surface area contributed by atoms with E-state index in [1.165, 1.54) is 19.3 Å². The molecule has 0 heterocycles. The maximum absolute atomic E-state index is 12.1. The lowest BCUT2D eigenvalue weighted by molar-refractivity contribution is 0.233. The number of urea groups is 1. The summed E-state index contributed by atoms with van der Waals surface area (Å²) in [6.45, 7) is 2.68. The number of hydrogen-bond acceptors (Lipinski definition) is 3. The molecule has 0 spiro atoms. The summed E-state index contributed by atoms with van der Waals surface area (Å²) in [6.07, 6.45) is 4.74. The number of nitrogens with one attached hydrogen (secondary N) is 2. The van der Waals surface area contributed by atoms with Crippen LogP contribution in [0, 0.1) is 0 Å². The molecule has 1 saturated carbocycles. The highest BCUT2D eigenvalue weighted by Gasteiger charge is 2.26. The summed E-state index contributed by atoms with van der Waals surface area (Å²) in [4.78, 5) is 12.1. The lowest BCUT2D eigenvalue weighted by Gasteiger charge is -2.31. The van der Waals surface area contributed by atoms with Crippen LogP contribution >= 0.6 is 11.8 Å². The summed E-state index contributed by atoms with van der Waals surface area (Å²) in [5.74, 6) is 1.10. The van der Waals surface area contributed by atoms with Gasteiger partial charge >= 0.3 is 6.03 Å². The van der Waals surface area contributed by atoms with Gasteiger partial charge in [0.1, 0.15) is 0 Å². The number of aliphatic hydroxyl groups excluding tert-OH is 1. The van der Waals surface area contributed by atoms with E-state index in [4.69, 9.17) is 5.11 Å². The van der Waals surface area contributed by atoms with E-state index in [1.807, 2.05) is 36.0 Å². The van der Waals surface area contributed by atoms with Crippen molar-refractivity contribution in [1.29, 1.82) is 0 Å². The van der Waals surface area contributed by atoms with Gasteiger partial charge in [0.2, 0.25) is 0 Å². The predicted molar refractivity (Wildman–Crippen MR) is 91.9 cm³/mol. The van der Waals surface area contributed by atoms with Crippen LogP contribution < -0.4 is 10.6 Å². The fourth-order valence-electron chi connectivity index (χ4n) is 2.92. The van der Waals surface area contributed by atoms with Crippen LogP contribution in [0.3, 0.4) is 0 Å². The van der Waals surface area contributed by atoms with Gasteiger partial charge in [-0.2, -0.15) is 11.8 Å². The molecule has 5 heteroatoms. The Hall–Kier alpha value is -1.20. The molecular formula is C17H26N2O2S. The highest BCUT2D eigenvalue weighted by molar-refractivity contribution is 7.99. The van der Waals surface area contributed by atoms with Crippen LogP contribution in [0.2, 0.25) is 0 Å². The number of hydrogen-bond donors (Lipinski definition) is 3. The predicted octanol–water partition coefficient (Wildman–Crippen LogP) is 3.04. The van der Waals surface area contributed by atoms with Crippen molar-refractivity contribution in [2.75, 3.05) is 5.75 Å². The van der Waals surface area contributed by atoms with Gasteiger partial charge < -0.3 is 15.7 Å². The molecule has 2 amide bonds. The van der Waals surface area contributed by atoms with E-state index in [0.29, 0.717) is 11.8 Å². The zero-order valence-corrected chi connectivity index (χ0v) is 14.0. The molecule has 0 radical (unpaired) electrons. The number of carbonyl (C=O) groups is 1. The second-order valence-electron chi connectivity index (χ2n) is 5.69. The van der Waals surface area contributed by atoms with Gasteiger partial charge in [-0.3, -0.25) is 0 Å². The smallest absolute Gasteiger partial charge is 0.315 e. The highest BCUT2D eigenvalue weighted by Crippen LogP contribution is 2.28.